The average molecular weight is 370 g/mol. The monoisotopic (exact) mass is 370 g/mol. The summed E-state index contributed by atoms with van der Waals surface area (Å²) in [5.74, 6) is -1.24. The normalized spacial score (nSPS) is 28.1. The summed E-state index contributed by atoms with van der Waals surface area (Å²) in [6.45, 7) is 5.18. The number of amides is 2. The van der Waals surface area contributed by atoms with Gasteiger partial charge in [-0.15, -0.1) is 0 Å². The second kappa shape index (κ2) is 6.66. The number of anilines is 1. The van der Waals surface area contributed by atoms with Crippen molar-refractivity contribution in [1.82, 2.24) is 4.90 Å². The first-order valence-electron chi connectivity index (χ1n) is 9.75. The van der Waals surface area contributed by atoms with E-state index in [1.165, 1.54) is 0 Å². The molecule has 144 valence electrons. The number of carboxylic acid groups (broad SMARTS) is 1. The van der Waals surface area contributed by atoms with E-state index in [0.29, 0.717) is 19.0 Å². The molecule has 2 saturated heterocycles. The first-order chi connectivity index (χ1) is 12.9. The molecule has 1 aliphatic carbocycles. The molecule has 2 heterocycles. The van der Waals surface area contributed by atoms with E-state index in [-0.39, 0.29) is 36.6 Å². The maximum absolute atomic E-state index is 13.0. The summed E-state index contributed by atoms with van der Waals surface area (Å²) in [6.07, 6.45) is 2.34. The zero-order chi connectivity index (χ0) is 19.3. The van der Waals surface area contributed by atoms with Crippen LogP contribution in [0, 0.1) is 37.5 Å². The fraction of sp³-hybridized carbons (Fsp3) is 0.571. The van der Waals surface area contributed by atoms with Gasteiger partial charge in [-0.2, -0.15) is 0 Å². The van der Waals surface area contributed by atoms with Gasteiger partial charge in [0.2, 0.25) is 11.8 Å². The maximum Gasteiger partial charge on any atom is 0.308 e. The number of rotatable bonds is 4. The van der Waals surface area contributed by atoms with E-state index in [9.17, 15) is 19.5 Å². The Morgan fingerprint density at radius 3 is 2.52 bits per heavy atom. The van der Waals surface area contributed by atoms with Crippen LogP contribution < -0.4 is 4.90 Å². The molecule has 1 saturated carbocycles. The van der Waals surface area contributed by atoms with Crippen LogP contribution in [0.2, 0.25) is 0 Å². The summed E-state index contributed by atoms with van der Waals surface area (Å²) in [4.78, 5) is 40.6. The van der Waals surface area contributed by atoms with Crippen molar-refractivity contribution in [3.63, 3.8) is 0 Å². The largest absolute Gasteiger partial charge is 0.481 e. The van der Waals surface area contributed by atoms with Gasteiger partial charge < -0.3 is 14.9 Å². The van der Waals surface area contributed by atoms with E-state index < -0.39 is 11.9 Å². The maximum atomic E-state index is 13.0. The molecule has 1 N–H and O–H groups in total. The zero-order valence-electron chi connectivity index (χ0n) is 15.9. The fourth-order valence-corrected chi connectivity index (χ4v) is 4.66. The van der Waals surface area contributed by atoms with Crippen molar-refractivity contribution >= 4 is 23.5 Å². The summed E-state index contributed by atoms with van der Waals surface area (Å²) in [5.41, 5.74) is 3.04. The predicted molar refractivity (Wildman–Crippen MR) is 100 cm³/mol. The van der Waals surface area contributed by atoms with Gasteiger partial charge >= 0.3 is 5.97 Å². The van der Waals surface area contributed by atoms with Crippen molar-refractivity contribution in [1.29, 1.82) is 0 Å². The number of hydrogen-bond donors (Lipinski definition) is 1. The molecule has 2 amide bonds. The third-order valence-electron chi connectivity index (χ3n) is 6.56. The number of likely N-dealkylation sites (tertiary alicyclic amines) is 1. The molecule has 1 aromatic carbocycles. The number of hydrogen-bond acceptors (Lipinski definition) is 3. The lowest BCUT2D eigenvalue weighted by Crippen LogP contribution is -2.36. The van der Waals surface area contributed by atoms with Crippen LogP contribution in [0.15, 0.2) is 18.2 Å². The number of nitrogens with zero attached hydrogens (tertiary/aromatic N) is 2. The van der Waals surface area contributed by atoms with Crippen molar-refractivity contribution in [2.75, 3.05) is 24.5 Å². The summed E-state index contributed by atoms with van der Waals surface area (Å²) < 4.78 is 0. The van der Waals surface area contributed by atoms with Crippen molar-refractivity contribution < 1.29 is 19.5 Å². The minimum absolute atomic E-state index is 0.0326. The van der Waals surface area contributed by atoms with Crippen LogP contribution in [0.1, 0.15) is 30.4 Å². The van der Waals surface area contributed by atoms with Gasteiger partial charge in [0, 0.05) is 31.7 Å². The van der Waals surface area contributed by atoms with E-state index in [2.05, 4.69) is 0 Å². The summed E-state index contributed by atoms with van der Waals surface area (Å²) in [6, 6.07) is 5.86. The molecule has 3 fully saturated rings. The van der Waals surface area contributed by atoms with Crippen LogP contribution in [-0.4, -0.2) is 47.4 Å². The highest BCUT2D eigenvalue weighted by atomic mass is 16.4. The summed E-state index contributed by atoms with van der Waals surface area (Å²) in [7, 11) is 0. The second-order valence-corrected chi connectivity index (χ2v) is 8.31. The van der Waals surface area contributed by atoms with E-state index in [0.717, 1.165) is 29.7 Å². The molecule has 3 aliphatic rings. The Balaban J connectivity index is 1.48. The minimum Gasteiger partial charge on any atom is -0.481 e. The molecular weight excluding hydrogens is 344 g/mol. The SMILES string of the molecule is Cc1cccc(N2CC(C(=O)N3C[C@H](C(=O)O)[C@@H](C4CC4)C3)CC2=O)c1C. The van der Waals surface area contributed by atoms with E-state index in [1.54, 1.807) is 9.80 Å². The van der Waals surface area contributed by atoms with E-state index in [1.807, 2.05) is 32.0 Å². The molecule has 3 atom stereocenters. The molecule has 2 aliphatic heterocycles. The number of benzene rings is 1. The summed E-state index contributed by atoms with van der Waals surface area (Å²) in [5, 5.41) is 9.51. The van der Waals surface area contributed by atoms with E-state index >= 15 is 0 Å². The highest BCUT2D eigenvalue weighted by molar-refractivity contribution is 6.01. The molecular formula is C21H26N2O4. The van der Waals surface area contributed by atoms with Gasteiger partial charge in [0.25, 0.3) is 0 Å². The average Bonchev–Trinajstić information content (AvgIpc) is 3.26. The predicted octanol–water partition coefficient (Wildman–Crippen LogP) is 2.23. The van der Waals surface area contributed by atoms with Crippen LogP contribution in [-0.2, 0) is 14.4 Å². The van der Waals surface area contributed by atoms with Gasteiger partial charge in [-0.3, -0.25) is 14.4 Å². The molecule has 0 spiro atoms. The van der Waals surface area contributed by atoms with Gasteiger partial charge in [-0.25, -0.2) is 0 Å². The minimum atomic E-state index is -0.804. The zero-order valence-corrected chi connectivity index (χ0v) is 15.9. The molecule has 4 rings (SSSR count). The Kier molecular flexibility index (Phi) is 4.44. The van der Waals surface area contributed by atoms with Crippen LogP contribution in [0.5, 0.6) is 0 Å². The third kappa shape index (κ3) is 3.22. The molecule has 0 bridgehead atoms. The standard InChI is InChI=1S/C21H26N2O4/c1-12-4-3-5-18(13(12)2)23-9-15(8-19(23)24)20(25)22-10-16(14-6-7-14)17(11-22)21(26)27/h3-5,14-17H,6-11H2,1-2H3,(H,26,27)/t15?,16-,17+/m1/s1. The van der Waals surface area contributed by atoms with Crippen molar-refractivity contribution in [2.45, 2.75) is 33.1 Å². The number of aliphatic carboxylic acids is 1. The van der Waals surface area contributed by atoms with Crippen LogP contribution >= 0.6 is 0 Å². The van der Waals surface area contributed by atoms with Crippen LogP contribution in [0.25, 0.3) is 0 Å². The van der Waals surface area contributed by atoms with Crippen LogP contribution in [0.4, 0.5) is 5.69 Å². The lowest BCUT2D eigenvalue weighted by Gasteiger charge is -2.22. The number of carbonyl (C=O) groups is 3. The molecule has 0 aromatic heterocycles. The van der Waals surface area contributed by atoms with Gasteiger partial charge in [0.1, 0.15) is 0 Å². The first-order valence-corrected chi connectivity index (χ1v) is 9.75. The number of carbonyl (C=O) groups excluding carboxylic acids is 2. The second-order valence-electron chi connectivity index (χ2n) is 8.31. The van der Waals surface area contributed by atoms with Crippen molar-refractivity contribution in [3.05, 3.63) is 29.3 Å². The third-order valence-corrected chi connectivity index (χ3v) is 6.56. The molecule has 6 nitrogen and oxygen atoms in total. The fourth-order valence-electron chi connectivity index (χ4n) is 4.66. The van der Waals surface area contributed by atoms with Gasteiger partial charge in [-0.05, 0) is 55.7 Å². The Bertz CT molecular complexity index is 801. The molecule has 1 aromatic rings. The smallest absolute Gasteiger partial charge is 0.308 e. The van der Waals surface area contributed by atoms with Gasteiger partial charge in [0.05, 0.1) is 11.8 Å². The Morgan fingerprint density at radius 2 is 1.85 bits per heavy atom. The molecule has 27 heavy (non-hydrogen) atoms. The lowest BCUT2D eigenvalue weighted by atomic mass is 9.92. The summed E-state index contributed by atoms with van der Waals surface area (Å²) >= 11 is 0. The van der Waals surface area contributed by atoms with Gasteiger partial charge in [0.15, 0.2) is 0 Å². The molecule has 0 radical (unpaired) electrons. The highest BCUT2D eigenvalue weighted by Crippen LogP contribution is 2.44. The number of carboxylic acids is 1. The van der Waals surface area contributed by atoms with E-state index in [4.69, 9.17) is 0 Å². The van der Waals surface area contributed by atoms with Crippen molar-refractivity contribution in [3.8, 4) is 0 Å². The lowest BCUT2D eigenvalue weighted by molar-refractivity contribution is -0.143. The quantitative estimate of drug-likeness (QED) is 0.882. The topological polar surface area (TPSA) is 77.9 Å². The number of aryl methyl sites for hydroxylation is 1. The Morgan fingerprint density at radius 1 is 1.11 bits per heavy atom. The highest BCUT2D eigenvalue weighted by Gasteiger charge is 2.48. The molecule has 6 heteroatoms. The van der Waals surface area contributed by atoms with Crippen LogP contribution in [0.3, 0.4) is 0 Å². The molecule has 1 unspecified atom stereocenters. The van der Waals surface area contributed by atoms with Gasteiger partial charge in [-0.1, -0.05) is 12.1 Å². The van der Waals surface area contributed by atoms with Crippen molar-refractivity contribution in [2.24, 2.45) is 23.7 Å². The first kappa shape index (κ1) is 18.0. The Labute approximate surface area is 159 Å². The Hall–Kier alpha value is -2.37.